The summed E-state index contributed by atoms with van der Waals surface area (Å²) in [6, 6.07) is 2.32. The molecule has 0 bridgehead atoms. The van der Waals surface area contributed by atoms with Crippen LogP contribution >= 0.6 is 23.7 Å². The van der Waals surface area contributed by atoms with Crippen LogP contribution in [0.15, 0.2) is 11.4 Å². The summed E-state index contributed by atoms with van der Waals surface area (Å²) in [6.45, 7) is 5.13. The molecule has 16 heavy (non-hydrogen) atoms. The first-order chi connectivity index (χ1) is 7.28. The highest BCUT2D eigenvalue weighted by Crippen LogP contribution is 2.37. The molecular formula is C13H20ClNS. The van der Waals surface area contributed by atoms with Crippen LogP contribution in [0.5, 0.6) is 0 Å². The SMILES string of the molecule is CC1(N2CCCC2)CCc2ccsc2C1.Cl. The summed E-state index contributed by atoms with van der Waals surface area (Å²) >= 11 is 1.96. The average molecular weight is 258 g/mol. The number of likely N-dealkylation sites (tertiary alicyclic amines) is 1. The van der Waals surface area contributed by atoms with E-state index in [-0.39, 0.29) is 12.4 Å². The summed E-state index contributed by atoms with van der Waals surface area (Å²) in [5.41, 5.74) is 2.09. The minimum absolute atomic E-state index is 0. The van der Waals surface area contributed by atoms with E-state index in [1.807, 2.05) is 11.3 Å². The average Bonchev–Trinajstić information content (AvgIpc) is 2.87. The summed E-state index contributed by atoms with van der Waals surface area (Å²) in [7, 11) is 0. The molecule has 1 unspecified atom stereocenters. The van der Waals surface area contributed by atoms with Crippen molar-refractivity contribution in [3.8, 4) is 0 Å². The lowest BCUT2D eigenvalue weighted by Gasteiger charge is -2.41. The van der Waals surface area contributed by atoms with E-state index < -0.39 is 0 Å². The highest BCUT2D eigenvalue weighted by atomic mass is 35.5. The van der Waals surface area contributed by atoms with Gasteiger partial charge in [-0.3, -0.25) is 4.90 Å². The molecule has 1 atom stereocenters. The molecule has 3 heteroatoms. The Hall–Kier alpha value is -0.0500. The molecule has 1 aliphatic carbocycles. The number of nitrogens with zero attached hydrogens (tertiary/aromatic N) is 1. The Morgan fingerprint density at radius 2 is 2.06 bits per heavy atom. The Morgan fingerprint density at radius 3 is 2.81 bits per heavy atom. The summed E-state index contributed by atoms with van der Waals surface area (Å²) in [5.74, 6) is 0. The van der Waals surface area contributed by atoms with Crippen LogP contribution in [0.1, 0.15) is 36.6 Å². The molecule has 0 N–H and O–H groups in total. The predicted molar refractivity (Wildman–Crippen MR) is 72.8 cm³/mol. The fourth-order valence-corrected chi connectivity index (χ4v) is 4.22. The van der Waals surface area contributed by atoms with Crippen molar-refractivity contribution in [2.24, 2.45) is 0 Å². The first kappa shape index (κ1) is 12.4. The number of hydrogen-bond acceptors (Lipinski definition) is 2. The molecule has 0 radical (unpaired) electrons. The molecule has 1 aromatic rings. The second kappa shape index (κ2) is 4.67. The molecule has 1 fully saturated rings. The van der Waals surface area contributed by atoms with Crippen LogP contribution in [-0.4, -0.2) is 23.5 Å². The highest BCUT2D eigenvalue weighted by Gasteiger charge is 2.36. The monoisotopic (exact) mass is 257 g/mol. The van der Waals surface area contributed by atoms with Crippen molar-refractivity contribution >= 4 is 23.7 Å². The summed E-state index contributed by atoms with van der Waals surface area (Å²) < 4.78 is 0. The topological polar surface area (TPSA) is 3.24 Å². The van der Waals surface area contributed by atoms with Gasteiger partial charge in [0.2, 0.25) is 0 Å². The normalized spacial score (nSPS) is 29.8. The summed E-state index contributed by atoms with van der Waals surface area (Å²) in [5, 5.41) is 2.26. The van der Waals surface area contributed by atoms with Gasteiger partial charge in [0.25, 0.3) is 0 Å². The van der Waals surface area contributed by atoms with Crippen molar-refractivity contribution in [3.63, 3.8) is 0 Å². The maximum Gasteiger partial charge on any atom is 0.0232 e. The van der Waals surface area contributed by atoms with Crippen molar-refractivity contribution in [2.75, 3.05) is 13.1 Å². The number of aryl methyl sites for hydroxylation is 1. The van der Waals surface area contributed by atoms with Gasteiger partial charge in [-0.15, -0.1) is 23.7 Å². The lowest BCUT2D eigenvalue weighted by Crippen LogP contribution is -2.48. The molecule has 0 saturated carbocycles. The number of fused-ring (bicyclic) bond motifs is 1. The van der Waals surface area contributed by atoms with Crippen molar-refractivity contribution in [1.29, 1.82) is 0 Å². The molecule has 2 aliphatic rings. The van der Waals surface area contributed by atoms with Crippen molar-refractivity contribution < 1.29 is 0 Å². The summed E-state index contributed by atoms with van der Waals surface area (Å²) in [4.78, 5) is 4.38. The van der Waals surface area contributed by atoms with E-state index in [0.717, 1.165) is 0 Å². The Labute approximate surface area is 108 Å². The van der Waals surface area contributed by atoms with E-state index in [4.69, 9.17) is 0 Å². The molecule has 1 aromatic heterocycles. The number of hydrogen-bond donors (Lipinski definition) is 0. The Kier molecular flexibility index (Phi) is 3.62. The molecule has 1 saturated heterocycles. The van der Waals surface area contributed by atoms with Gasteiger partial charge in [0.1, 0.15) is 0 Å². The molecule has 2 heterocycles. The fraction of sp³-hybridized carbons (Fsp3) is 0.692. The van der Waals surface area contributed by atoms with Crippen molar-refractivity contribution in [2.45, 2.75) is 44.6 Å². The third-order valence-corrected chi connectivity index (χ3v) is 5.14. The largest absolute Gasteiger partial charge is 0.298 e. The van der Waals surface area contributed by atoms with Gasteiger partial charge in [0.05, 0.1) is 0 Å². The number of rotatable bonds is 1. The van der Waals surface area contributed by atoms with Gasteiger partial charge in [-0.2, -0.15) is 0 Å². The van der Waals surface area contributed by atoms with Crippen LogP contribution in [0.25, 0.3) is 0 Å². The van der Waals surface area contributed by atoms with Crippen molar-refractivity contribution in [1.82, 2.24) is 4.90 Å². The van der Waals surface area contributed by atoms with Crippen LogP contribution in [0.3, 0.4) is 0 Å². The van der Waals surface area contributed by atoms with Crippen molar-refractivity contribution in [3.05, 3.63) is 21.9 Å². The fourth-order valence-electron chi connectivity index (χ4n) is 3.11. The van der Waals surface area contributed by atoms with Crippen LogP contribution in [0.2, 0.25) is 0 Å². The van der Waals surface area contributed by atoms with E-state index in [1.54, 1.807) is 10.4 Å². The van der Waals surface area contributed by atoms with Gasteiger partial charge in [-0.1, -0.05) is 0 Å². The second-order valence-corrected chi connectivity index (χ2v) is 6.24. The van der Waals surface area contributed by atoms with Gasteiger partial charge in [0.15, 0.2) is 0 Å². The van der Waals surface area contributed by atoms with E-state index in [0.29, 0.717) is 5.54 Å². The van der Waals surface area contributed by atoms with E-state index in [2.05, 4.69) is 23.3 Å². The smallest absolute Gasteiger partial charge is 0.0232 e. The number of halogens is 1. The third kappa shape index (κ3) is 2.03. The van der Waals surface area contributed by atoms with E-state index in [1.165, 1.54) is 45.2 Å². The Bertz CT molecular complexity index is 357. The lowest BCUT2D eigenvalue weighted by atomic mass is 9.82. The molecule has 90 valence electrons. The molecule has 1 nitrogen and oxygen atoms in total. The molecule has 3 rings (SSSR count). The lowest BCUT2D eigenvalue weighted by molar-refractivity contribution is 0.119. The van der Waals surface area contributed by atoms with E-state index in [9.17, 15) is 0 Å². The quantitative estimate of drug-likeness (QED) is 0.744. The molecule has 1 aliphatic heterocycles. The van der Waals surface area contributed by atoms with Gasteiger partial charge < -0.3 is 0 Å². The second-order valence-electron chi connectivity index (χ2n) is 5.24. The maximum absolute atomic E-state index is 2.73. The molecule has 0 spiro atoms. The van der Waals surface area contributed by atoms with Crippen LogP contribution in [-0.2, 0) is 12.8 Å². The predicted octanol–water partition coefficient (Wildman–Crippen LogP) is 3.51. The third-order valence-electron chi connectivity index (χ3n) is 4.18. The zero-order chi connectivity index (χ0) is 10.3. The Morgan fingerprint density at radius 1 is 1.31 bits per heavy atom. The van der Waals surface area contributed by atoms with Gasteiger partial charge in [0, 0.05) is 16.8 Å². The molecule has 0 aromatic carbocycles. The Balaban J connectivity index is 0.000000963. The van der Waals surface area contributed by atoms with Crippen LogP contribution < -0.4 is 0 Å². The highest BCUT2D eigenvalue weighted by molar-refractivity contribution is 7.10. The first-order valence-corrected chi connectivity index (χ1v) is 6.96. The van der Waals surface area contributed by atoms with Gasteiger partial charge >= 0.3 is 0 Å². The zero-order valence-corrected chi connectivity index (χ0v) is 11.5. The minimum atomic E-state index is 0. The zero-order valence-electron chi connectivity index (χ0n) is 9.87. The minimum Gasteiger partial charge on any atom is -0.298 e. The maximum atomic E-state index is 2.73. The standard InChI is InChI=1S/C13H19NS.ClH/c1-13(14-7-2-3-8-14)6-4-11-5-9-15-12(11)10-13;/h5,9H,2-4,6-8,10H2,1H3;1H. The van der Waals surface area contributed by atoms with Gasteiger partial charge in [-0.25, -0.2) is 0 Å². The van der Waals surface area contributed by atoms with Gasteiger partial charge in [-0.05, 0) is 62.7 Å². The van der Waals surface area contributed by atoms with Crippen LogP contribution in [0.4, 0.5) is 0 Å². The first-order valence-electron chi connectivity index (χ1n) is 6.08. The van der Waals surface area contributed by atoms with Crippen LogP contribution in [0, 0.1) is 0 Å². The van der Waals surface area contributed by atoms with E-state index >= 15 is 0 Å². The number of thiophene rings is 1. The molecular weight excluding hydrogens is 238 g/mol. The molecule has 0 amide bonds. The summed E-state index contributed by atoms with van der Waals surface area (Å²) in [6.07, 6.45) is 6.77.